The Morgan fingerprint density at radius 2 is 2.04 bits per heavy atom. The topological polar surface area (TPSA) is 64.1 Å². The summed E-state index contributed by atoms with van der Waals surface area (Å²) in [5.74, 6) is -2.76. The Balaban J connectivity index is 2.41. The summed E-state index contributed by atoms with van der Waals surface area (Å²) < 4.78 is 57.0. The molecule has 1 heterocycles. The largest absolute Gasteiger partial charge is 0.462 e. The zero-order valence-corrected chi connectivity index (χ0v) is 14.1. The van der Waals surface area contributed by atoms with Crippen LogP contribution in [0, 0.1) is 12.7 Å². The molecule has 0 saturated carbocycles. The third-order valence-electron chi connectivity index (χ3n) is 3.12. The van der Waals surface area contributed by atoms with E-state index in [-0.39, 0.29) is 22.8 Å². The van der Waals surface area contributed by atoms with Gasteiger partial charge >= 0.3 is 12.1 Å². The molecular formula is C15H14F4N2O3S. The molecule has 5 nitrogen and oxygen atoms in total. The SMILES string of the molecule is CCOC(=O)c1cn(-c2cc(SCC(F)(F)F)c(C)cc2F)[nH]c1=O. The molecule has 0 amide bonds. The van der Waals surface area contributed by atoms with Crippen LogP contribution in [0.25, 0.3) is 5.69 Å². The van der Waals surface area contributed by atoms with Gasteiger partial charge in [0, 0.05) is 11.1 Å². The van der Waals surface area contributed by atoms with Gasteiger partial charge in [-0.05, 0) is 31.5 Å². The van der Waals surface area contributed by atoms with Crippen LogP contribution in [-0.2, 0) is 4.74 Å². The normalized spacial score (nSPS) is 11.6. The first-order valence-electron chi connectivity index (χ1n) is 7.11. The maximum atomic E-state index is 14.2. The van der Waals surface area contributed by atoms with Crippen molar-refractivity contribution in [2.75, 3.05) is 12.4 Å². The van der Waals surface area contributed by atoms with Gasteiger partial charge in [-0.25, -0.2) is 9.18 Å². The number of aromatic amines is 1. The van der Waals surface area contributed by atoms with E-state index >= 15 is 0 Å². The molecule has 0 unspecified atom stereocenters. The Morgan fingerprint density at radius 3 is 2.64 bits per heavy atom. The first-order chi connectivity index (χ1) is 11.6. The highest BCUT2D eigenvalue weighted by Crippen LogP contribution is 2.31. The summed E-state index contributed by atoms with van der Waals surface area (Å²) in [4.78, 5) is 23.7. The maximum absolute atomic E-state index is 14.2. The number of esters is 1. The van der Waals surface area contributed by atoms with E-state index in [9.17, 15) is 27.2 Å². The Labute approximate surface area is 144 Å². The molecule has 0 fully saturated rings. The first-order valence-corrected chi connectivity index (χ1v) is 8.09. The molecule has 0 bridgehead atoms. The number of halogens is 4. The fourth-order valence-electron chi connectivity index (χ4n) is 2.02. The molecule has 1 aromatic heterocycles. The summed E-state index contributed by atoms with van der Waals surface area (Å²) in [5, 5.41) is 2.25. The van der Waals surface area contributed by atoms with Gasteiger partial charge in [0.05, 0.1) is 18.0 Å². The van der Waals surface area contributed by atoms with E-state index in [4.69, 9.17) is 4.74 Å². The number of rotatable bonds is 5. The van der Waals surface area contributed by atoms with Crippen molar-refractivity contribution in [1.82, 2.24) is 9.78 Å². The molecule has 25 heavy (non-hydrogen) atoms. The minimum atomic E-state index is -4.37. The summed E-state index contributed by atoms with van der Waals surface area (Å²) in [6.45, 7) is 3.10. The minimum absolute atomic E-state index is 0.0561. The number of carbonyl (C=O) groups is 1. The van der Waals surface area contributed by atoms with E-state index in [0.29, 0.717) is 17.3 Å². The Bertz CT molecular complexity index is 842. The molecule has 0 aliphatic heterocycles. The predicted molar refractivity (Wildman–Crippen MR) is 83.8 cm³/mol. The molecule has 2 rings (SSSR count). The number of carbonyl (C=O) groups excluding carboxylic acids is 1. The highest BCUT2D eigenvalue weighted by molar-refractivity contribution is 7.99. The molecule has 10 heteroatoms. The second kappa shape index (κ2) is 7.34. The van der Waals surface area contributed by atoms with Crippen molar-refractivity contribution >= 4 is 17.7 Å². The standard InChI is InChI=1S/C15H14F4N2O3S/c1-3-24-14(23)9-6-21(20-13(9)22)11-5-12(8(2)4-10(11)16)25-7-15(17,18)19/h4-6H,3,7H2,1-2H3,(H,20,22). The lowest BCUT2D eigenvalue weighted by Crippen LogP contribution is -2.15. The van der Waals surface area contributed by atoms with Gasteiger partial charge in [0.15, 0.2) is 0 Å². The number of H-pyrrole nitrogens is 1. The van der Waals surface area contributed by atoms with E-state index in [1.54, 1.807) is 6.92 Å². The number of ether oxygens (including phenoxy) is 1. The summed E-state index contributed by atoms with van der Waals surface area (Å²) in [5.41, 5.74) is -0.965. The van der Waals surface area contributed by atoms with E-state index in [1.165, 1.54) is 13.0 Å². The van der Waals surface area contributed by atoms with Crippen molar-refractivity contribution in [2.24, 2.45) is 0 Å². The number of hydrogen-bond acceptors (Lipinski definition) is 4. The van der Waals surface area contributed by atoms with Crippen LogP contribution in [0.2, 0.25) is 0 Å². The minimum Gasteiger partial charge on any atom is -0.462 e. The lowest BCUT2D eigenvalue weighted by atomic mass is 10.2. The molecule has 0 aliphatic rings. The van der Waals surface area contributed by atoms with Crippen LogP contribution in [0.5, 0.6) is 0 Å². The van der Waals surface area contributed by atoms with Gasteiger partial charge < -0.3 is 4.74 Å². The van der Waals surface area contributed by atoms with Crippen LogP contribution in [-0.4, -0.2) is 34.3 Å². The van der Waals surface area contributed by atoms with E-state index in [0.717, 1.165) is 16.9 Å². The number of aryl methyl sites for hydroxylation is 1. The van der Waals surface area contributed by atoms with E-state index in [2.05, 4.69) is 5.10 Å². The van der Waals surface area contributed by atoms with Gasteiger partial charge in [0.2, 0.25) is 0 Å². The van der Waals surface area contributed by atoms with Crippen LogP contribution >= 0.6 is 11.8 Å². The number of hydrogen-bond donors (Lipinski definition) is 1. The van der Waals surface area contributed by atoms with Crippen molar-refractivity contribution in [3.05, 3.63) is 45.6 Å². The Morgan fingerprint density at radius 1 is 1.36 bits per heavy atom. The average Bonchev–Trinajstić information content (AvgIpc) is 2.87. The number of nitrogens with one attached hydrogen (secondary N) is 1. The molecule has 0 atom stereocenters. The van der Waals surface area contributed by atoms with Gasteiger partial charge in [-0.1, -0.05) is 0 Å². The van der Waals surface area contributed by atoms with Gasteiger partial charge in [-0.2, -0.15) is 13.2 Å². The summed E-state index contributed by atoms with van der Waals surface area (Å²) in [6, 6.07) is 2.25. The molecule has 0 radical (unpaired) electrons. The summed E-state index contributed by atoms with van der Waals surface area (Å²) in [6.07, 6.45) is -3.32. The zero-order chi connectivity index (χ0) is 18.8. The second-order valence-corrected chi connectivity index (χ2v) is 6.06. The van der Waals surface area contributed by atoms with Crippen molar-refractivity contribution in [3.63, 3.8) is 0 Å². The fraction of sp³-hybridized carbons (Fsp3) is 0.333. The lowest BCUT2D eigenvalue weighted by molar-refractivity contribution is -0.105. The summed E-state index contributed by atoms with van der Waals surface area (Å²) in [7, 11) is 0. The van der Waals surface area contributed by atoms with E-state index in [1.807, 2.05) is 0 Å². The molecule has 1 N–H and O–H groups in total. The smallest absolute Gasteiger partial charge is 0.398 e. The number of benzene rings is 1. The van der Waals surface area contributed by atoms with Crippen molar-refractivity contribution in [1.29, 1.82) is 0 Å². The van der Waals surface area contributed by atoms with Gasteiger partial charge in [0.25, 0.3) is 5.56 Å². The lowest BCUT2D eigenvalue weighted by Gasteiger charge is -2.12. The molecule has 136 valence electrons. The van der Waals surface area contributed by atoms with Crippen LogP contribution in [0.1, 0.15) is 22.8 Å². The molecule has 2 aromatic rings. The quantitative estimate of drug-likeness (QED) is 0.492. The predicted octanol–water partition coefficient (Wildman–Crippen LogP) is 3.44. The molecule has 1 aromatic carbocycles. The zero-order valence-electron chi connectivity index (χ0n) is 13.2. The van der Waals surface area contributed by atoms with Crippen LogP contribution in [0.15, 0.2) is 28.0 Å². The van der Waals surface area contributed by atoms with Crippen LogP contribution < -0.4 is 5.56 Å². The van der Waals surface area contributed by atoms with Gasteiger partial charge in [-0.15, -0.1) is 11.8 Å². The van der Waals surface area contributed by atoms with E-state index < -0.39 is 29.3 Å². The monoisotopic (exact) mass is 378 g/mol. The fourth-order valence-corrected chi connectivity index (χ4v) is 2.82. The van der Waals surface area contributed by atoms with Crippen LogP contribution in [0.4, 0.5) is 17.6 Å². The number of alkyl halides is 3. The Kier molecular flexibility index (Phi) is 5.61. The maximum Gasteiger partial charge on any atom is 0.398 e. The van der Waals surface area contributed by atoms with Crippen molar-refractivity contribution in [3.8, 4) is 5.69 Å². The number of aromatic nitrogens is 2. The molecule has 0 spiro atoms. The highest BCUT2D eigenvalue weighted by Gasteiger charge is 2.28. The highest BCUT2D eigenvalue weighted by atomic mass is 32.2. The van der Waals surface area contributed by atoms with Crippen molar-refractivity contribution < 1.29 is 27.1 Å². The number of thioether (sulfide) groups is 1. The van der Waals surface area contributed by atoms with Gasteiger partial charge in [-0.3, -0.25) is 14.6 Å². The third kappa shape index (κ3) is 4.65. The molecule has 0 saturated heterocycles. The van der Waals surface area contributed by atoms with Gasteiger partial charge in [0.1, 0.15) is 11.4 Å². The summed E-state index contributed by atoms with van der Waals surface area (Å²) >= 11 is 0.508. The molecular weight excluding hydrogens is 364 g/mol. The third-order valence-corrected chi connectivity index (χ3v) is 4.34. The Hall–Kier alpha value is -2.23. The average molecular weight is 378 g/mol. The number of nitrogens with zero attached hydrogens (tertiary/aromatic N) is 1. The first kappa shape index (κ1) is 19.1. The van der Waals surface area contributed by atoms with Crippen LogP contribution in [0.3, 0.4) is 0 Å². The second-order valence-electron chi connectivity index (χ2n) is 5.05. The van der Waals surface area contributed by atoms with Crippen molar-refractivity contribution in [2.45, 2.75) is 24.9 Å². The molecule has 0 aliphatic carbocycles.